The molecule has 0 radical (unpaired) electrons. The lowest BCUT2D eigenvalue weighted by molar-refractivity contribution is 0.621. The molecule has 4 heteroatoms. The number of hydrogen-bond donors (Lipinski definition) is 1. The van der Waals surface area contributed by atoms with Crippen molar-refractivity contribution in [2.45, 2.75) is 17.9 Å². The summed E-state index contributed by atoms with van der Waals surface area (Å²) in [5, 5.41) is 7.81. The molecule has 2 aromatic rings. The molecule has 0 saturated carbocycles. The number of nitrogens with one attached hydrogen (secondary N) is 1. The molecule has 1 aromatic carbocycles. The lowest BCUT2D eigenvalue weighted by atomic mass is 10.0. The van der Waals surface area contributed by atoms with Crippen LogP contribution in [0.15, 0.2) is 41.6 Å². The predicted octanol–water partition coefficient (Wildman–Crippen LogP) is 2.84. The van der Waals surface area contributed by atoms with Crippen LogP contribution in [-0.4, -0.2) is 22.6 Å². The number of hydrogen-bond acceptors (Lipinski definition) is 3. The maximum Gasteiger partial charge on any atom is 0.0618 e. The third-order valence-electron chi connectivity index (χ3n) is 2.92. The lowest BCUT2D eigenvalue weighted by Gasteiger charge is -2.19. The van der Waals surface area contributed by atoms with Crippen molar-refractivity contribution in [2.24, 2.45) is 7.05 Å². The summed E-state index contributed by atoms with van der Waals surface area (Å²) in [6.45, 7) is 3.06. The zero-order valence-corrected chi connectivity index (χ0v) is 11.9. The van der Waals surface area contributed by atoms with Gasteiger partial charge in [-0.3, -0.25) is 4.68 Å². The minimum Gasteiger partial charge on any atom is -0.306 e. The van der Waals surface area contributed by atoms with Crippen LogP contribution in [0.25, 0.3) is 0 Å². The monoisotopic (exact) mass is 261 g/mol. The molecular weight excluding hydrogens is 242 g/mol. The summed E-state index contributed by atoms with van der Waals surface area (Å²) in [5.41, 5.74) is 2.53. The van der Waals surface area contributed by atoms with Gasteiger partial charge in [0.1, 0.15) is 0 Å². The zero-order valence-electron chi connectivity index (χ0n) is 11.1. The van der Waals surface area contributed by atoms with E-state index in [2.05, 4.69) is 54.1 Å². The summed E-state index contributed by atoms with van der Waals surface area (Å²) >= 11 is 1.78. The van der Waals surface area contributed by atoms with Crippen LogP contribution in [-0.2, 0) is 7.05 Å². The Morgan fingerprint density at radius 2 is 2.17 bits per heavy atom. The van der Waals surface area contributed by atoms with E-state index in [1.807, 2.05) is 17.9 Å². The molecule has 0 aliphatic rings. The number of thioether (sulfide) groups is 1. The highest BCUT2D eigenvalue weighted by Crippen LogP contribution is 2.29. The summed E-state index contributed by atoms with van der Waals surface area (Å²) in [6, 6.07) is 8.75. The second-order valence-electron chi connectivity index (χ2n) is 4.18. The van der Waals surface area contributed by atoms with Crippen LogP contribution in [0, 0.1) is 0 Å². The molecule has 0 amide bonds. The van der Waals surface area contributed by atoms with Gasteiger partial charge in [0.15, 0.2) is 0 Å². The Bertz CT molecular complexity index is 507. The normalized spacial score (nSPS) is 12.6. The van der Waals surface area contributed by atoms with Crippen molar-refractivity contribution in [3.63, 3.8) is 0 Å². The first-order valence-electron chi connectivity index (χ1n) is 6.11. The van der Waals surface area contributed by atoms with Crippen molar-refractivity contribution in [3.8, 4) is 0 Å². The SMILES string of the molecule is CCNC(c1cnn(C)c1)c1ccccc1SC. The van der Waals surface area contributed by atoms with E-state index in [0.29, 0.717) is 0 Å². The van der Waals surface area contributed by atoms with Gasteiger partial charge in [-0.1, -0.05) is 25.1 Å². The second-order valence-corrected chi connectivity index (χ2v) is 5.03. The van der Waals surface area contributed by atoms with Gasteiger partial charge in [0.05, 0.1) is 12.2 Å². The first-order valence-corrected chi connectivity index (χ1v) is 7.33. The molecule has 1 atom stereocenters. The molecule has 1 N–H and O–H groups in total. The van der Waals surface area contributed by atoms with Crippen LogP contribution in [0.4, 0.5) is 0 Å². The Kier molecular flexibility index (Phi) is 4.44. The molecule has 2 rings (SSSR count). The van der Waals surface area contributed by atoms with E-state index in [1.165, 1.54) is 16.0 Å². The van der Waals surface area contributed by atoms with Gasteiger partial charge in [0.25, 0.3) is 0 Å². The maximum atomic E-state index is 4.27. The lowest BCUT2D eigenvalue weighted by Crippen LogP contribution is -2.22. The van der Waals surface area contributed by atoms with Crippen LogP contribution in [0.2, 0.25) is 0 Å². The predicted molar refractivity (Wildman–Crippen MR) is 77.0 cm³/mol. The van der Waals surface area contributed by atoms with Gasteiger partial charge in [-0.05, 0) is 24.4 Å². The van der Waals surface area contributed by atoms with Crippen molar-refractivity contribution >= 4 is 11.8 Å². The molecule has 0 fully saturated rings. The Morgan fingerprint density at radius 3 is 2.78 bits per heavy atom. The van der Waals surface area contributed by atoms with Gasteiger partial charge < -0.3 is 5.32 Å². The van der Waals surface area contributed by atoms with E-state index in [1.54, 1.807) is 11.8 Å². The van der Waals surface area contributed by atoms with Crippen LogP contribution < -0.4 is 5.32 Å². The van der Waals surface area contributed by atoms with Crippen LogP contribution in [0.3, 0.4) is 0 Å². The molecule has 1 unspecified atom stereocenters. The standard InChI is InChI=1S/C14H19N3S/c1-4-15-14(11-9-16-17(2)10-11)12-7-5-6-8-13(12)18-3/h5-10,14-15H,4H2,1-3H3. The van der Waals surface area contributed by atoms with Crippen molar-refractivity contribution < 1.29 is 0 Å². The van der Waals surface area contributed by atoms with Gasteiger partial charge >= 0.3 is 0 Å². The fourth-order valence-electron chi connectivity index (χ4n) is 2.11. The minimum absolute atomic E-state index is 0.215. The minimum atomic E-state index is 0.215. The molecule has 0 saturated heterocycles. The Morgan fingerprint density at radius 1 is 1.39 bits per heavy atom. The molecule has 1 aromatic heterocycles. The molecule has 96 valence electrons. The van der Waals surface area contributed by atoms with E-state index in [4.69, 9.17) is 0 Å². The van der Waals surface area contributed by atoms with Gasteiger partial charge in [-0.2, -0.15) is 5.10 Å². The van der Waals surface area contributed by atoms with Gasteiger partial charge in [0, 0.05) is 23.7 Å². The third kappa shape index (κ3) is 2.76. The highest BCUT2D eigenvalue weighted by Gasteiger charge is 2.17. The maximum absolute atomic E-state index is 4.27. The molecule has 18 heavy (non-hydrogen) atoms. The quantitative estimate of drug-likeness (QED) is 0.839. The Hall–Kier alpha value is -1.26. The van der Waals surface area contributed by atoms with Crippen molar-refractivity contribution in [1.29, 1.82) is 0 Å². The Balaban J connectivity index is 2.41. The van der Waals surface area contributed by atoms with Crippen LogP contribution in [0.5, 0.6) is 0 Å². The third-order valence-corrected chi connectivity index (χ3v) is 3.73. The largest absolute Gasteiger partial charge is 0.306 e. The second kappa shape index (κ2) is 6.07. The van der Waals surface area contributed by atoms with Gasteiger partial charge in [-0.25, -0.2) is 0 Å². The molecule has 0 spiro atoms. The molecule has 3 nitrogen and oxygen atoms in total. The molecule has 0 aliphatic heterocycles. The van der Waals surface area contributed by atoms with Gasteiger partial charge in [0.2, 0.25) is 0 Å². The molecule has 1 heterocycles. The number of aryl methyl sites for hydroxylation is 1. The van der Waals surface area contributed by atoms with E-state index in [-0.39, 0.29) is 6.04 Å². The first-order chi connectivity index (χ1) is 8.76. The summed E-state index contributed by atoms with van der Waals surface area (Å²) < 4.78 is 1.85. The molecule has 0 aliphatic carbocycles. The number of nitrogens with zero attached hydrogens (tertiary/aromatic N) is 2. The topological polar surface area (TPSA) is 29.9 Å². The summed E-state index contributed by atoms with van der Waals surface area (Å²) in [7, 11) is 1.95. The average molecular weight is 261 g/mol. The first kappa shape index (κ1) is 13.2. The highest BCUT2D eigenvalue weighted by atomic mass is 32.2. The number of benzene rings is 1. The van der Waals surface area contributed by atoms with Crippen LogP contribution >= 0.6 is 11.8 Å². The Labute approximate surface area is 113 Å². The number of aromatic nitrogens is 2. The number of rotatable bonds is 5. The fraction of sp³-hybridized carbons (Fsp3) is 0.357. The zero-order chi connectivity index (χ0) is 13.0. The highest BCUT2D eigenvalue weighted by molar-refractivity contribution is 7.98. The summed E-state index contributed by atoms with van der Waals surface area (Å²) in [5.74, 6) is 0. The van der Waals surface area contributed by atoms with Crippen molar-refractivity contribution in [1.82, 2.24) is 15.1 Å². The molecular formula is C14H19N3S. The summed E-state index contributed by atoms with van der Waals surface area (Å²) in [4.78, 5) is 1.31. The van der Waals surface area contributed by atoms with E-state index in [0.717, 1.165) is 6.54 Å². The van der Waals surface area contributed by atoms with E-state index < -0.39 is 0 Å². The summed E-state index contributed by atoms with van der Waals surface area (Å²) in [6.07, 6.45) is 6.12. The van der Waals surface area contributed by atoms with Crippen LogP contribution in [0.1, 0.15) is 24.1 Å². The van der Waals surface area contributed by atoms with E-state index in [9.17, 15) is 0 Å². The smallest absolute Gasteiger partial charge is 0.0618 e. The average Bonchev–Trinajstić information content (AvgIpc) is 2.82. The van der Waals surface area contributed by atoms with E-state index >= 15 is 0 Å². The fourth-order valence-corrected chi connectivity index (χ4v) is 2.74. The van der Waals surface area contributed by atoms with Gasteiger partial charge in [-0.15, -0.1) is 11.8 Å². The van der Waals surface area contributed by atoms with Crippen molar-refractivity contribution in [3.05, 3.63) is 47.8 Å². The van der Waals surface area contributed by atoms with Crippen molar-refractivity contribution in [2.75, 3.05) is 12.8 Å². The molecule has 0 bridgehead atoms.